The molecule has 1 amide bonds. The lowest BCUT2D eigenvalue weighted by molar-refractivity contribution is -0.120. The zero-order valence-corrected chi connectivity index (χ0v) is 12.7. The molecule has 0 spiro atoms. The van der Waals surface area contributed by atoms with Crippen molar-refractivity contribution >= 4 is 15.9 Å². The maximum Gasteiger partial charge on any atom is 0.266 e. The van der Waals surface area contributed by atoms with Crippen LogP contribution in [0.1, 0.15) is 23.5 Å². The first-order chi connectivity index (χ1) is 10.9. The molecule has 0 heterocycles. The Kier molecular flexibility index (Phi) is 3.89. The Balaban J connectivity index is 1.85. The Labute approximate surface area is 132 Å². The van der Waals surface area contributed by atoms with Gasteiger partial charge in [-0.3, -0.25) is 4.79 Å². The maximum absolute atomic E-state index is 13.6. The van der Waals surface area contributed by atoms with Crippen LogP contribution in [-0.2, 0) is 21.2 Å². The number of nitrogens with one attached hydrogen (secondary N) is 1. The van der Waals surface area contributed by atoms with Gasteiger partial charge in [-0.2, -0.15) is 0 Å². The molecule has 4 nitrogen and oxygen atoms in total. The van der Waals surface area contributed by atoms with Gasteiger partial charge in [-0.05, 0) is 36.1 Å². The predicted molar refractivity (Wildman–Crippen MR) is 79.2 cm³/mol. The van der Waals surface area contributed by atoms with Crippen LogP contribution in [0.15, 0.2) is 47.4 Å². The molecule has 1 N–H and O–H groups in total. The van der Waals surface area contributed by atoms with Gasteiger partial charge < -0.3 is 0 Å². The van der Waals surface area contributed by atoms with Crippen LogP contribution in [0.25, 0.3) is 0 Å². The summed E-state index contributed by atoms with van der Waals surface area (Å²) in [5.41, 5.74) is 1.78. The van der Waals surface area contributed by atoms with Crippen molar-refractivity contribution in [3.63, 3.8) is 0 Å². The fourth-order valence-electron chi connectivity index (χ4n) is 2.78. The second-order valence-electron chi connectivity index (χ2n) is 5.33. The first-order valence-corrected chi connectivity index (χ1v) is 8.46. The minimum atomic E-state index is -4.39. The summed E-state index contributed by atoms with van der Waals surface area (Å²) < 4.78 is 52.7. The predicted octanol–water partition coefficient (Wildman–Crippen LogP) is 2.50. The highest BCUT2D eigenvalue weighted by molar-refractivity contribution is 7.90. The van der Waals surface area contributed by atoms with Crippen LogP contribution in [0.3, 0.4) is 0 Å². The average Bonchev–Trinajstić information content (AvgIpc) is 2.90. The standard InChI is InChI=1S/C16H13F2NO3S/c17-11-6-8-15(14(18)9-11)23(21,22)19-16(20)13-7-5-10-3-1-2-4-12(10)13/h1-4,6,8-9,13H,5,7H2,(H,19,20). The van der Waals surface area contributed by atoms with Crippen LogP contribution in [0.4, 0.5) is 8.78 Å². The Bertz CT molecular complexity index is 881. The van der Waals surface area contributed by atoms with E-state index in [0.29, 0.717) is 18.9 Å². The summed E-state index contributed by atoms with van der Waals surface area (Å²) in [6, 6.07) is 9.37. The molecule has 1 aliphatic rings. The minimum absolute atomic E-state index is 0.462. The molecule has 1 unspecified atom stereocenters. The zero-order valence-electron chi connectivity index (χ0n) is 11.9. The van der Waals surface area contributed by atoms with E-state index in [0.717, 1.165) is 23.3 Å². The molecular formula is C16H13F2NO3S. The van der Waals surface area contributed by atoms with E-state index in [9.17, 15) is 22.0 Å². The second kappa shape index (κ2) is 5.73. The van der Waals surface area contributed by atoms with Gasteiger partial charge in [0.2, 0.25) is 5.91 Å². The molecule has 0 saturated carbocycles. The Morgan fingerprint density at radius 1 is 1.13 bits per heavy atom. The molecule has 0 aliphatic heterocycles. The monoisotopic (exact) mass is 337 g/mol. The number of benzene rings is 2. The van der Waals surface area contributed by atoms with E-state index in [-0.39, 0.29) is 0 Å². The lowest BCUT2D eigenvalue weighted by Gasteiger charge is -2.13. The molecule has 1 aliphatic carbocycles. The van der Waals surface area contributed by atoms with E-state index in [2.05, 4.69) is 0 Å². The highest BCUT2D eigenvalue weighted by atomic mass is 32.2. The number of sulfonamides is 1. The number of fused-ring (bicyclic) bond motifs is 1. The largest absolute Gasteiger partial charge is 0.273 e. The van der Waals surface area contributed by atoms with Gasteiger partial charge in [-0.25, -0.2) is 21.9 Å². The number of hydrogen-bond donors (Lipinski definition) is 1. The minimum Gasteiger partial charge on any atom is -0.273 e. The van der Waals surface area contributed by atoms with Crippen molar-refractivity contribution in [2.24, 2.45) is 0 Å². The molecule has 1 atom stereocenters. The van der Waals surface area contributed by atoms with Crippen molar-refractivity contribution in [3.05, 3.63) is 65.2 Å². The van der Waals surface area contributed by atoms with Crippen LogP contribution in [0.5, 0.6) is 0 Å². The fourth-order valence-corrected chi connectivity index (χ4v) is 3.86. The topological polar surface area (TPSA) is 63.2 Å². The number of halogens is 2. The number of aryl methyl sites for hydroxylation is 1. The van der Waals surface area contributed by atoms with Crippen LogP contribution in [0, 0.1) is 11.6 Å². The summed E-state index contributed by atoms with van der Waals surface area (Å²) in [7, 11) is -4.39. The third-order valence-corrected chi connectivity index (χ3v) is 5.25. The molecule has 0 bridgehead atoms. The van der Waals surface area contributed by atoms with Gasteiger partial charge in [0.15, 0.2) is 0 Å². The van der Waals surface area contributed by atoms with E-state index in [4.69, 9.17) is 0 Å². The molecule has 7 heteroatoms. The van der Waals surface area contributed by atoms with Gasteiger partial charge in [0.1, 0.15) is 16.5 Å². The van der Waals surface area contributed by atoms with Crippen molar-refractivity contribution in [2.45, 2.75) is 23.7 Å². The van der Waals surface area contributed by atoms with E-state index in [1.165, 1.54) is 0 Å². The number of amides is 1. The van der Waals surface area contributed by atoms with Crippen molar-refractivity contribution in [3.8, 4) is 0 Å². The van der Waals surface area contributed by atoms with Gasteiger partial charge in [0.25, 0.3) is 10.0 Å². The van der Waals surface area contributed by atoms with Gasteiger partial charge in [-0.15, -0.1) is 0 Å². The second-order valence-corrected chi connectivity index (χ2v) is 6.99. The maximum atomic E-state index is 13.6. The van der Waals surface area contributed by atoms with Crippen LogP contribution >= 0.6 is 0 Å². The van der Waals surface area contributed by atoms with Crippen molar-refractivity contribution in [1.82, 2.24) is 4.72 Å². The molecule has 2 aromatic carbocycles. The number of carbonyl (C=O) groups excluding carboxylic acids is 1. The van der Waals surface area contributed by atoms with Gasteiger partial charge >= 0.3 is 0 Å². The summed E-state index contributed by atoms with van der Waals surface area (Å²) >= 11 is 0. The Hall–Kier alpha value is -2.28. The summed E-state index contributed by atoms with van der Waals surface area (Å²) in [6.07, 6.45) is 1.17. The summed E-state index contributed by atoms with van der Waals surface area (Å²) in [4.78, 5) is 11.5. The van der Waals surface area contributed by atoms with Crippen molar-refractivity contribution in [2.75, 3.05) is 0 Å². The Morgan fingerprint density at radius 2 is 1.87 bits per heavy atom. The highest BCUT2D eigenvalue weighted by Gasteiger charge is 2.32. The smallest absolute Gasteiger partial charge is 0.266 e. The molecular weight excluding hydrogens is 324 g/mol. The molecule has 0 saturated heterocycles. The number of carbonyl (C=O) groups is 1. The third kappa shape index (κ3) is 2.96. The molecule has 23 heavy (non-hydrogen) atoms. The summed E-state index contributed by atoms with van der Waals surface area (Å²) in [6.45, 7) is 0. The quantitative estimate of drug-likeness (QED) is 0.936. The number of hydrogen-bond acceptors (Lipinski definition) is 3. The van der Waals surface area contributed by atoms with Crippen LogP contribution in [-0.4, -0.2) is 14.3 Å². The van der Waals surface area contributed by atoms with E-state index in [1.807, 2.05) is 16.9 Å². The van der Waals surface area contributed by atoms with Crippen molar-refractivity contribution < 1.29 is 22.0 Å². The lowest BCUT2D eigenvalue weighted by atomic mass is 10.0. The molecule has 120 valence electrons. The molecule has 3 rings (SSSR count). The Morgan fingerprint density at radius 3 is 2.61 bits per heavy atom. The van der Waals surface area contributed by atoms with Gasteiger partial charge in [-0.1, -0.05) is 24.3 Å². The first-order valence-electron chi connectivity index (χ1n) is 6.98. The number of rotatable bonds is 3. The van der Waals surface area contributed by atoms with Crippen molar-refractivity contribution in [1.29, 1.82) is 0 Å². The zero-order chi connectivity index (χ0) is 16.6. The van der Waals surface area contributed by atoms with Gasteiger partial charge in [0, 0.05) is 6.07 Å². The first kappa shape index (κ1) is 15.6. The van der Waals surface area contributed by atoms with Crippen LogP contribution < -0.4 is 4.72 Å². The van der Waals surface area contributed by atoms with E-state index < -0.39 is 38.4 Å². The lowest BCUT2D eigenvalue weighted by Crippen LogP contribution is -2.34. The molecule has 0 radical (unpaired) electrons. The third-order valence-electron chi connectivity index (χ3n) is 3.87. The summed E-state index contributed by atoms with van der Waals surface area (Å²) in [5, 5.41) is 0. The fraction of sp³-hybridized carbons (Fsp3) is 0.188. The van der Waals surface area contributed by atoms with Gasteiger partial charge in [0.05, 0.1) is 5.92 Å². The average molecular weight is 337 g/mol. The summed E-state index contributed by atoms with van der Waals surface area (Å²) in [5.74, 6) is -3.43. The van der Waals surface area contributed by atoms with E-state index >= 15 is 0 Å². The SMILES string of the molecule is O=C(NS(=O)(=O)c1ccc(F)cc1F)C1CCc2ccccc21. The van der Waals surface area contributed by atoms with Crippen LogP contribution in [0.2, 0.25) is 0 Å². The normalized spacial score (nSPS) is 16.9. The molecule has 0 aromatic heterocycles. The van der Waals surface area contributed by atoms with E-state index in [1.54, 1.807) is 12.1 Å². The highest BCUT2D eigenvalue weighted by Crippen LogP contribution is 2.33. The molecule has 2 aromatic rings. The molecule has 0 fully saturated rings.